The molecule has 0 saturated carbocycles. The molecule has 3 heterocycles. The summed E-state index contributed by atoms with van der Waals surface area (Å²) in [5, 5.41) is 0. The molecule has 7 aromatic rings. The van der Waals surface area contributed by atoms with Gasteiger partial charge in [0.15, 0.2) is 0 Å². The second-order valence-electron chi connectivity index (χ2n) is 10.1. The number of aromatic nitrogens is 4. The lowest BCUT2D eigenvalue weighted by Gasteiger charge is -2.13. The van der Waals surface area contributed by atoms with Gasteiger partial charge in [0.1, 0.15) is 6.33 Å². The Hall–Kier alpha value is -5.74. The third kappa shape index (κ3) is 5.34. The summed E-state index contributed by atoms with van der Waals surface area (Å²) >= 11 is 0. The van der Waals surface area contributed by atoms with Crippen molar-refractivity contribution in [2.45, 2.75) is 0 Å². The smallest absolute Gasteiger partial charge is 0.116 e. The Kier molecular flexibility index (Phi) is 6.85. The van der Waals surface area contributed by atoms with Crippen LogP contribution in [0.5, 0.6) is 0 Å². The largest absolute Gasteiger partial charge is 0.264 e. The zero-order chi connectivity index (χ0) is 28.1. The summed E-state index contributed by atoms with van der Waals surface area (Å²) in [6.45, 7) is 0. The van der Waals surface area contributed by atoms with Crippen LogP contribution >= 0.6 is 0 Å². The highest BCUT2D eigenvalue weighted by Crippen LogP contribution is 2.35. The Balaban J connectivity index is 1.37. The standard InChI is InChI=1S/C38H26N4/c1-3-9-27(10-4-1)31-17-33(29-13-7-15-39-24-29)21-35(19-31)37-23-38(42-26-41-37)36-20-32(28-11-5-2-6-12-28)18-34(22-36)30-14-8-16-40-25-30/h1-26H. The molecule has 0 aliphatic carbocycles. The van der Waals surface area contributed by atoms with E-state index in [2.05, 4.69) is 113 Å². The van der Waals surface area contributed by atoms with Crippen LogP contribution in [0.15, 0.2) is 159 Å². The molecule has 42 heavy (non-hydrogen) atoms. The van der Waals surface area contributed by atoms with Gasteiger partial charge in [-0.2, -0.15) is 0 Å². The van der Waals surface area contributed by atoms with Crippen molar-refractivity contribution in [3.05, 3.63) is 159 Å². The zero-order valence-electron chi connectivity index (χ0n) is 22.8. The maximum absolute atomic E-state index is 4.73. The van der Waals surface area contributed by atoms with Crippen molar-refractivity contribution < 1.29 is 0 Å². The van der Waals surface area contributed by atoms with Gasteiger partial charge in [-0.15, -0.1) is 0 Å². The first-order chi connectivity index (χ1) is 20.8. The van der Waals surface area contributed by atoms with Crippen molar-refractivity contribution in [2.75, 3.05) is 0 Å². The van der Waals surface area contributed by atoms with Crippen LogP contribution in [0.25, 0.3) is 67.0 Å². The number of hydrogen-bond acceptors (Lipinski definition) is 4. The number of pyridine rings is 2. The second kappa shape index (κ2) is 11.4. The Bertz CT molecular complexity index is 1700. The molecule has 0 aliphatic heterocycles. The highest BCUT2D eigenvalue weighted by atomic mass is 14.8. The molecule has 0 unspecified atom stereocenters. The molecule has 198 valence electrons. The quantitative estimate of drug-likeness (QED) is 0.212. The van der Waals surface area contributed by atoms with Gasteiger partial charge in [0, 0.05) is 47.0 Å². The summed E-state index contributed by atoms with van der Waals surface area (Å²) in [7, 11) is 0. The molecule has 4 aromatic carbocycles. The maximum atomic E-state index is 4.73. The van der Waals surface area contributed by atoms with Gasteiger partial charge >= 0.3 is 0 Å². The summed E-state index contributed by atoms with van der Waals surface area (Å²) in [6.07, 6.45) is 9.04. The Morgan fingerprint density at radius 2 is 0.690 bits per heavy atom. The van der Waals surface area contributed by atoms with Crippen LogP contribution in [0.1, 0.15) is 0 Å². The monoisotopic (exact) mass is 538 g/mol. The fourth-order valence-electron chi connectivity index (χ4n) is 5.22. The third-order valence-electron chi connectivity index (χ3n) is 7.33. The van der Waals surface area contributed by atoms with E-state index in [1.807, 2.05) is 36.7 Å². The predicted molar refractivity (Wildman–Crippen MR) is 170 cm³/mol. The van der Waals surface area contributed by atoms with E-state index in [4.69, 9.17) is 9.97 Å². The lowest BCUT2D eigenvalue weighted by molar-refractivity contribution is 1.18. The Morgan fingerprint density at radius 3 is 1.10 bits per heavy atom. The van der Waals surface area contributed by atoms with Crippen LogP contribution in [0, 0.1) is 0 Å². The minimum Gasteiger partial charge on any atom is -0.264 e. The van der Waals surface area contributed by atoms with Crippen molar-refractivity contribution in [1.29, 1.82) is 0 Å². The molecule has 0 aliphatic rings. The maximum Gasteiger partial charge on any atom is 0.116 e. The molecule has 0 bridgehead atoms. The average Bonchev–Trinajstić information content (AvgIpc) is 3.09. The van der Waals surface area contributed by atoms with Crippen LogP contribution in [0.3, 0.4) is 0 Å². The van der Waals surface area contributed by atoms with Gasteiger partial charge in [0.25, 0.3) is 0 Å². The van der Waals surface area contributed by atoms with Crippen LogP contribution in [-0.4, -0.2) is 19.9 Å². The molecule has 0 fully saturated rings. The van der Waals surface area contributed by atoms with Crippen LogP contribution < -0.4 is 0 Å². The molecule has 0 radical (unpaired) electrons. The van der Waals surface area contributed by atoms with Gasteiger partial charge in [0.2, 0.25) is 0 Å². The minimum atomic E-state index is 0.857. The third-order valence-corrected chi connectivity index (χ3v) is 7.33. The molecule has 4 nitrogen and oxygen atoms in total. The van der Waals surface area contributed by atoms with Crippen molar-refractivity contribution in [1.82, 2.24) is 19.9 Å². The van der Waals surface area contributed by atoms with Crippen molar-refractivity contribution in [2.24, 2.45) is 0 Å². The molecule has 0 saturated heterocycles. The lowest BCUT2D eigenvalue weighted by Crippen LogP contribution is -1.93. The fraction of sp³-hybridized carbons (Fsp3) is 0. The van der Waals surface area contributed by atoms with E-state index in [1.165, 1.54) is 0 Å². The van der Waals surface area contributed by atoms with Gasteiger partial charge in [-0.25, -0.2) is 9.97 Å². The van der Waals surface area contributed by atoms with E-state index in [1.54, 1.807) is 18.7 Å². The Labute approximate surface area is 245 Å². The SMILES string of the molecule is c1ccc(-c2cc(-c3cccnc3)cc(-c3cc(-c4cc(-c5ccccc5)cc(-c5cccnc5)c4)ncn3)c2)cc1. The molecule has 0 atom stereocenters. The molecule has 7 rings (SSSR count). The normalized spacial score (nSPS) is 10.9. The number of nitrogens with zero attached hydrogens (tertiary/aromatic N) is 4. The van der Waals surface area contributed by atoms with Crippen LogP contribution in [0.4, 0.5) is 0 Å². The number of benzene rings is 4. The summed E-state index contributed by atoms with van der Waals surface area (Å²) < 4.78 is 0. The van der Waals surface area contributed by atoms with E-state index in [0.29, 0.717) is 0 Å². The number of rotatable bonds is 6. The van der Waals surface area contributed by atoms with E-state index in [0.717, 1.165) is 67.0 Å². The fourth-order valence-corrected chi connectivity index (χ4v) is 5.22. The first kappa shape index (κ1) is 25.2. The van der Waals surface area contributed by atoms with Gasteiger partial charge in [-0.1, -0.05) is 72.8 Å². The summed E-state index contributed by atoms with van der Waals surface area (Å²) in [4.78, 5) is 18.2. The Morgan fingerprint density at radius 1 is 0.310 bits per heavy atom. The minimum absolute atomic E-state index is 0.857. The highest BCUT2D eigenvalue weighted by Gasteiger charge is 2.12. The first-order valence-electron chi connectivity index (χ1n) is 13.8. The zero-order valence-corrected chi connectivity index (χ0v) is 22.8. The molecule has 3 aromatic heterocycles. The lowest BCUT2D eigenvalue weighted by atomic mass is 9.94. The van der Waals surface area contributed by atoms with E-state index in [9.17, 15) is 0 Å². The molecule has 0 N–H and O–H groups in total. The predicted octanol–water partition coefficient (Wildman–Crippen LogP) is 9.27. The summed E-state index contributed by atoms with van der Waals surface area (Å²) in [6, 6.07) is 44.2. The van der Waals surface area contributed by atoms with E-state index < -0.39 is 0 Å². The highest BCUT2D eigenvalue weighted by molar-refractivity contribution is 5.83. The molecule has 0 amide bonds. The van der Waals surface area contributed by atoms with Gasteiger partial charge in [-0.3, -0.25) is 9.97 Å². The molecular weight excluding hydrogens is 512 g/mol. The van der Waals surface area contributed by atoms with Crippen molar-refractivity contribution in [3.8, 4) is 67.0 Å². The van der Waals surface area contributed by atoms with Crippen LogP contribution in [0.2, 0.25) is 0 Å². The van der Waals surface area contributed by atoms with Gasteiger partial charge in [-0.05, 0) is 88.0 Å². The first-order valence-corrected chi connectivity index (χ1v) is 13.8. The van der Waals surface area contributed by atoms with Crippen molar-refractivity contribution in [3.63, 3.8) is 0 Å². The second-order valence-corrected chi connectivity index (χ2v) is 10.1. The van der Waals surface area contributed by atoms with Crippen LogP contribution in [-0.2, 0) is 0 Å². The van der Waals surface area contributed by atoms with E-state index in [-0.39, 0.29) is 0 Å². The molecule has 4 heteroatoms. The summed E-state index contributed by atoms with van der Waals surface area (Å²) in [5.74, 6) is 0. The van der Waals surface area contributed by atoms with Crippen molar-refractivity contribution >= 4 is 0 Å². The average molecular weight is 539 g/mol. The summed E-state index contributed by atoms with van der Waals surface area (Å²) in [5.41, 5.74) is 12.6. The number of hydrogen-bond donors (Lipinski definition) is 0. The van der Waals surface area contributed by atoms with E-state index >= 15 is 0 Å². The molecule has 0 spiro atoms. The van der Waals surface area contributed by atoms with Gasteiger partial charge < -0.3 is 0 Å². The van der Waals surface area contributed by atoms with Gasteiger partial charge in [0.05, 0.1) is 11.4 Å². The topological polar surface area (TPSA) is 51.6 Å². The molecular formula is C38H26N4.